The smallest absolute Gasteiger partial charge is 0.125 e. The number of hydrogen-bond donors (Lipinski definition) is 1. The SMILES string of the molecule is COCCN(Cc1ccc(N)cc1OC)C(C)C1CC1. The summed E-state index contributed by atoms with van der Waals surface area (Å²) in [6.07, 6.45) is 2.70. The van der Waals surface area contributed by atoms with Gasteiger partial charge in [-0.15, -0.1) is 0 Å². The van der Waals surface area contributed by atoms with Crippen LogP contribution in [0.5, 0.6) is 5.75 Å². The maximum atomic E-state index is 5.82. The second-order valence-electron chi connectivity index (χ2n) is 5.61. The number of rotatable bonds is 8. The Morgan fingerprint density at radius 2 is 2.10 bits per heavy atom. The Labute approximate surface area is 121 Å². The molecule has 1 fully saturated rings. The Morgan fingerprint density at radius 3 is 2.70 bits per heavy atom. The average Bonchev–Trinajstić information content (AvgIpc) is 3.28. The van der Waals surface area contributed by atoms with Gasteiger partial charge < -0.3 is 15.2 Å². The molecule has 1 aromatic rings. The highest BCUT2D eigenvalue weighted by atomic mass is 16.5. The first-order valence-electron chi connectivity index (χ1n) is 7.31. The van der Waals surface area contributed by atoms with E-state index >= 15 is 0 Å². The van der Waals surface area contributed by atoms with Crippen molar-refractivity contribution in [3.8, 4) is 5.75 Å². The van der Waals surface area contributed by atoms with Gasteiger partial charge >= 0.3 is 0 Å². The predicted molar refractivity (Wildman–Crippen MR) is 81.9 cm³/mol. The monoisotopic (exact) mass is 278 g/mol. The largest absolute Gasteiger partial charge is 0.496 e. The lowest BCUT2D eigenvalue weighted by Gasteiger charge is -2.29. The van der Waals surface area contributed by atoms with Gasteiger partial charge in [0.15, 0.2) is 0 Å². The van der Waals surface area contributed by atoms with Crippen molar-refractivity contribution in [1.82, 2.24) is 4.90 Å². The topological polar surface area (TPSA) is 47.7 Å². The number of ether oxygens (including phenoxy) is 2. The second kappa shape index (κ2) is 6.95. The van der Waals surface area contributed by atoms with Crippen LogP contribution in [0.4, 0.5) is 5.69 Å². The lowest BCUT2D eigenvalue weighted by atomic mass is 10.1. The molecule has 0 aliphatic heterocycles. The molecule has 112 valence electrons. The molecule has 0 saturated heterocycles. The highest BCUT2D eigenvalue weighted by molar-refractivity contribution is 5.48. The molecule has 1 atom stereocenters. The van der Waals surface area contributed by atoms with Gasteiger partial charge in [0.05, 0.1) is 13.7 Å². The summed E-state index contributed by atoms with van der Waals surface area (Å²) in [4.78, 5) is 2.48. The fraction of sp³-hybridized carbons (Fsp3) is 0.625. The van der Waals surface area contributed by atoms with E-state index in [9.17, 15) is 0 Å². The van der Waals surface area contributed by atoms with Gasteiger partial charge in [-0.1, -0.05) is 6.07 Å². The summed E-state index contributed by atoms with van der Waals surface area (Å²) >= 11 is 0. The highest BCUT2D eigenvalue weighted by Crippen LogP contribution is 2.36. The molecule has 4 nitrogen and oxygen atoms in total. The molecule has 1 aliphatic rings. The van der Waals surface area contributed by atoms with Crippen LogP contribution in [0, 0.1) is 5.92 Å². The standard InChI is InChI=1S/C16H26N2O2/c1-12(13-4-5-13)18(8-9-19-2)11-14-6-7-15(17)10-16(14)20-3/h6-7,10,12-13H,4-5,8-9,11,17H2,1-3H3. The van der Waals surface area contributed by atoms with E-state index in [0.717, 1.165) is 37.1 Å². The third-order valence-electron chi connectivity index (χ3n) is 4.15. The van der Waals surface area contributed by atoms with Gasteiger partial charge in [0.25, 0.3) is 0 Å². The zero-order valence-corrected chi connectivity index (χ0v) is 12.8. The number of nitrogen functional groups attached to an aromatic ring is 1. The van der Waals surface area contributed by atoms with Crippen LogP contribution in [-0.4, -0.2) is 38.3 Å². The zero-order valence-electron chi connectivity index (χ0n) is 12.8. The van der Waals surface area contributed by atoms with Crippen LogP contribution in [-0.2, 0) is 11.3 Å². The van der Waals surface area contributed by atoms with Crippen LogP contribution in [0.1, 0.15) is 25.3 Å². The lowest BCUT2D eigenvalue weighted by molar-refractivity contribution is 0.111. The summed E-state index contributed by atoms with van der Waals surface area (Å²) in [5.74, 6) is 1.71. The minimum Gasteiger partial charge on any atom is -0.496 e. The van der Waals surface area contributed by atoms with Crippen molar-refractivity contribution in [3.63, 3.8) is 0 Å². The Bertz CT molecular complexity index is 432. The quantitative estimate of drug-likeness (QED) is 0.742. The van der Waals surface area contributed by atoms with E-state index in [4.69, 9.17) is 15.2 Å². The van der Waals surface area contributed by atoms with Crippen LogP contribution in [0.15, 0.2) is 18.2 Å². The van der Waals surface area contributed by atoms with Crippen molar-refractivity contribution in [2.75, 3.05) is 33.1 Å². The Balaban J connectivity index is 2.09. The first-order valence-corrected chi connectivity index (χ1v) is 7.31. The molecule has 0 amide bonds. The molecule has 1 aromatic carbocycles. The van der Waals surface area contributed by atoms with Gasteiger partial charge in [0, 0.05) is 43.6 Å². The molecule has 0 aromatic heterocycles. The van der Waals surface area contributed by atoms with Crippen LogP contribution in [0.3, 0.4) is 0 Å². The van der Waals surface area contributed by atoms with E-state index in [1.165, 1.54) is 18.4 Å². The molecule has 1 unspecified atom stereocenters. The Hall–Kier alpha value is -1.26. The maximum absolute atomic E-state index is 5.82. The molecule has 2 N–H and O–H groups in total. The number of nitrogens with zero attached hydrogens (tertiary/aromatic N) is 1. The van der Waals surface area contributed by atoms with Crippen LogP contribution >= 0.6 is 0 Å². The molecule has 2 rings (SSSR count). The summed E-state index contributed by atoms with van der Waals surface area (Å²) in [7, 11) is 3.45. The normalized spacial score (nSPS) is 16.4. The molecule has 4 heteroatoms. The minimum absolute atomic E-state index is 0.590. The van der Waals surface area contributed by atoms with Crippen molar-refractivity contribution in [2.45, 2.75) is 32.4 Å². The zero-order chi connectivity index (χ0) is 14.5. The number of benzene rings is 1. The van der Waals surface area contributed by atoms with Gasteiger partial charge in [0.1, 0.15) is 5.75 Å². The van der Waals surface area contributed by atoms with Crippen LogP contribution in [0.25, 0.3) is 0 Å². The number of nitrogens with two attached hydrogens (primary N) is 1. The molecule has 0 bridgehead atoms. The maximum Gasteiger partial charge on any atom is 0.125 e. The first kappa shape index (κ1) is 15.1. The second-order valence-corrected chi connectivity index (χ2v) is 5.61. The van der Waals surface area contributed by atoms with Gasteiger partial charge in [-0.3, -0.25) is 4.90 Å². The van der Waals surface area contributed by atoms with Crippen molar-refractivity contribution < 1.29 is 9.47 Å². The fourth-order valence-electron chi connectivity index (χ4n) is 2.62. The Kier molecular flexibility index (Phi) is 5.26. The third kappa shape index (κ3) is 3.87. The van der Waals surface area contributed by atoms with E-state index in [0.29, 0.717) is 6.04 Å². The molecule has 0 radical (unpaired) electrons. The molecule has 0 heterocycles. The number of methoxy groups -OCH3 is 2. The van der Waals surface area contributed by atoms with E-state index in [-0.39, 0.29) is 0 Å². The van der Waals surface area contributed by atoms with Crippen molar-refractivity contribution >= 4 is 5.69 Å². The van der Waals surface area contributed by atoms with Crippen molar-refractivity contribution in [2.24, 2.45) is 5.92 Å². The first-order chi connectivity index (χ1) is 9.65. The number of anilines is 1. The van der Waals surface area contributed by atoms with Crippen molar-refractivity contribution in [1.29, 1.82) is 0 Å². The van der Waals surface area contributed by atoms with E-state index in [1.54, 1.807) is 14.2 Å². The summed E-state index contributed by atoms with van der Waals surface area (Å²) in [5.41, 5.74) is 7.74. The van der Waals surface area contributed by atoms with E-state index < -0.39 is 0 Å². The fourth-order valence-corrected chi connectivity index (χ4v) is 2.62. The Morgan fingerprint density at radius 1 is 1.35 bits per heavy atom. The summed E-state index contributed by atoms with van der Waals surface area (Å²) in [6, 6.07) is 6.49. The molecule has 20 heavy (non-hydrogen) atoms. The molecule has 1 aliphatic carbocycles. The van der Waals surface area contributed by atoms with E-state index in [1.807, 2.05) is 12.1 Å². The lowest BCUT2D eigenvalue weighted by Crippen LogP contribution is -2.36. The average molecular weight is 278 g/mol. The predicted octanol–water partition coefficient (Wildman–Crippen LogP) is 2.52. The van der Waals surface area contributed by atoms with Gasteiger partial charge in [0.2, 0.25) is 0 Å². The van der Waals surface area contributed by atoms with Gasteiger partial charge in [-0.2, -0.15) is 0 Å². The van der Waals surface area contributed by atoms with Gasteiger partial charge in [-0.05, 0) is 31.7 Å². The summed E-state index contributed by atoms with van der Waals surface area (Å²) in [6.45, 7) is 4.90. The molecule has 1 saturated carbocycles. The minimum atomic E-state index is 0.590. The van der Waals surface area contributed by atoms with E-state index in [2.05, 4.69) is 17.9 Å². The molecular formula is C16H26N2O2. The third-order valence-corrected chi connectivity index (χ3v) is 4.15. The van der Waals surface area contributed by atoms with Crippen LogP contribution < -0.4 is 10.5 Å². The molecule has 0 spiro atoms. The van der Waals surface area contributed by atoms with Crippen molar-refractivity contribution in [3.05, 3.63) is 23.8 Å². The molecular weight excluding hydrogens is 252 g/mol. The van der Waals surface area contributed by atoms with Crippen LogP contribution in [0.2, 0.25) is 0 Å². The van der Waals surface area contributed by atoms with Gasteiger partial charge in [-0.25, -0.2) is 0 Å². The summed E-state index contributed by atoms with van der Waals surface area (Å²) < 4.78 is 10.7. The summed E-state index contributed by atoms with van der Waals surface area (Å²) in [5, 5.41) is 0. The highest BCUT2D eigenvalue weighted by Gasteiger charge is 2.32. The number of hydrogen-bond acceptors (Lipinski definition) is 4.